The Morgan fingerprint density at radius 1 is 1.00 bits per heavy atom. The predicted octanol–water partition coefficient (Wildman–Crippen LogP) is 4.91. The van der Waals surface area contributed by atoms with E-state index in [1.807, 2.05) is 72.2 Å². The number of halogens is 1. The first-order valence-electron chi connectivity index (χ1n) is 9.27. The molecule has 0 aliphatic carbocycles. The van der Waals surface area contributed by atoms with Gasteiger partial charge in [0, 0.05) is 4.47 Å². The number of anilines is 1. The van der Waals surface area contributed by atoms with Crippen molar-refractivity contribution < 1.29 is 8.42 Å². The molecule has 7 heteroatoms. The van der Waals surface area contributed by atoms with Gasteiger partial charge in [0.1, 0.15) is 0 Å². The molecule has 0 saturated carbocycles. The largest absolute Gasteiger partial charge is 0.300 e. The Hall–Kier alpha value is -2.64. The van der Waals surface area contributed by atoms with Gasteiger partial charge in [-0.2, -0.15) is 0 Å². The number of rotatable bonds is 3. The number of fused-ring (bicyclic) bond motifs is 3. The Balaban J connectivity index is 1.71. The van der Waals surface area contributed by atoms with Gasteiger partial charge in [-0.05, 0) is 42.8 Å². The van der Waals surface area contributed by atoms with Crippen LogP contribution in [0.25, 0.3) is 11.0 Å². The van der Waals surface area contributed by atoms with E-state index in [1.54, 1.807) is 12.1 Å². The Bertz CT molecular complexity index is 1320. The number of nitrogens with zero attached hydrogens (tertiary/aromatic N) is 3. The van der Waals surface area contributed by atoms with Crippen LogP contribution in [0.4, 0.5) is 5.95 Å². The molecular weight excluding hydrogens is 450 g/mol. The van der Waals surface area contributed by atoms with Gasteiger partial charge < -0.3 is 0 Å². The van der Waals surface area contributed by atoms with Crippen molar-refractivity contribution in [2.45, 2.75) is 17.9 Å². The Kier molecular flexibility index (Phi) is 4.26. The second-order valence-corrected chi connectivity index (χ2v) is 9.97. The summed E-state index contributed by atoms with van der Waals surface area (Å²) in [7, 11) is -3.73. The van der Waals surface area contributed by atoms with Gasteiger partial charge >= 0.3 is 0 Å². The smallest absolute Gasteiger partial charge is 0.266 e. The maximum Gasteiger partial charge on any atom is 0.266 e. The van der Waals surface area contributed by atoms with Crippen molar-refractivity contribution in [2.24, 2.45) is 0 Å². The summed E-state index contributed by atoms with van der Waals surface area (Å²) in [5, 5.41) is 0. The van der Waals surface area contributed by atoms with E-state index in [-0.39, 0.29) is 10.9 Å². The zero-order valence-corrected chi connectivity index (χ0v) is 18.1. The molecule has 146 valence electrons. The molecule has 0 amide bonds. The van der Waals surface area contributed by atoms with Gasteiger partial charge in [0.05, 0.1) is 28.5 Å². The quantitative estimate of drug-likeness (QED) is 0.430. The van der Waals surface area contributed by atoms with Gasteiger partial charge in [-0.1, -0.05) is 64.0 Å². The van der Waals surface area contributed by atoms with Gasteiger partial charge in [-0.15, -0.1) is 0 Å². The summed E-state index contributed by atoms with van der Waals surface area (Å²) < 4.78 is 31.4. The van der Waals surface area contributed by atoms with E-state index in [2.05, 4.69) is 15.9 Å². The minimum absolute atomic E-state index is 0.141. The average molecular weight is 468 g/mol. The molecule has 0 bridgehead atoms. The van der Waals surface area contributed by atoms with E-state index >= 15 is 0 Å². The number of hydrogen-bond acceptors (Lipinski definition) is 3. The molecular formula is C22H18BrN3O2S. The number of imidazole rings is 1. The molecule has 0 radical (unpaired) electrons. The van der Waals surface area contributed by atoms with Crippen molar-refractivity contribution in [3.8, 4) is 0 Å². The van der Waals surface area contributed by atoms with Gasteiger partial charge in [0.2, 0.25) is 5.95 Å². The molecule has 4 aromatic rings. The molecule has 5 nitrogen and oxygen atoms in total. The highest BCUT2D eigenvalue weighted by Gasteiger charge is 2.39. The molecule has 0 unspecified atom stereocenters. The monoisotopic (exact) mass is 467 g/mol. The molecule has 3 aromatic carbocycles. The second kappa shape index (κ2) is 6.71. The molecule has 1 aliphatic heterocycles. The second-order valence-electron chi connectivity index (χ2n) is 7.19. The number of hydrogen-bond donors (Lipinski definition) is 0. The Morgan fingerprint density at radius 3 is 2.45 bits per heavy atom. The SMILES string of the molecule is Cc1ccc(S(=O)(=O)N2C[C@@H](c3ccccc3)n3c2nc2cc(Br)ccc23)cc1. The highest BCUT2D eigenvalue weighted by atomic mass is 79.9. The third kappa shape index (κ3) is 2.96. The Labute approximate surface area is 177 Å². The number of benzene rings is 3. The van der Waals surface area contributed by atoms with E-state index in [1.165, 1.54) is 4.31 Å². The maximum atomic E-state index is 13.5. The fourth-order valence-corrected chi connectivity index (χ4v) is 5.60. The van der Waals surface area contributed by atoms with Crippen LogP contribution in [-0.4, -0.2) is 24.5 Å². The lowest BCUT2D eigenvalue weighted by Crippen LogP contribution is -2.30. The van der Waals surface area contributed by atoms with E-state index in [9.17, 15) is 8.42 Å². The highest BCUT2D eigenvalue weighted by molar-refractivity contribution is 9.10. The van der Waals surface area contributed by atoms with E-state index in [4.69, 9.17) is 4.98 Å². The summed E-state index contributed by atoms with van der Waals surface area (Å²) >= 11 is 3.48. The van der Waals surface area contributed by atoms with Crippen molar-refractivity contribution in [2.75, 3.05) is 10.8 Å². The first kappa shape index (κ1) is 18.4. The summed E-state index contributed by atoms with van der Waals surface area (Å²) in [4.78, 5) is 4.97. The highest BCUT2D eigenvalue weighted by Crippen LogP contribution is 2.40. The lowest BCUT2D eigenvalue weighted by Gasteiger charge is -2.18. The number of sulfonamides is 1. The third-order valence-electron chi connectivity index (χ3n) is 5.30. The molecule has 0 saturated heterocycles. The van der Waals surface area contributed by atoms with Crippen molar-refractivity contribution in [3.05, 3.63) is 88.4 Å². The first-order chi connectivity index (χ1) is 13.9. The van der Waals surface area contributed by atoms with Crippen LogP contribution in [0.15, 0.2) is 82.2 Å². The standard InChI is InChI=1S/C22H18BrN3O2S/c1-15-7-10-18(11-8-15)29(27,28)25-14-21(16-5-3-2-4-6-16)26-20-12-9-17(23)13-19(20)24-22(25)26/h2-13,21H,14H2,1H3/t21-/m0/s1. The first-order valence-corrected chi connectivity index (χ1v) is 11.5. The number of aromatic nitrogens is 2. The molecule has 5 rings (SSSR count). The lowest BCUT2D eigenvalue weighted by atomic mass is 10.1. The van der Waals surface area contributed by atoms with Gasteiger partial charge in [-0.25, -0.2) is 17.7 Å². The summed E-state index contributed by atoms with van der Waals surface area (Å²) in [6.45, 7) is 2.25. The van der Waals surface area contributed by atoms with Crippen molar-refractivity contribution >= 4 is 42.9 Å². The molecule has 1 aromatic heterocycles. The zero-order chi connectivity index (χ0) is 20.2. The van der Waals surface area contributed by atoms with Crippen molar-refractivity contribution in [1.29, 1.82) is 0 Å². The fourth-order valence-electron chi connectivity index (χ4n) is 3.84. The van der Waals surface area contributed by atoms with Crippen LogP contribution in [0.5, 0.6) is 0 Å². The molecule has 1 aliphatic rings. The summed E-state index contributed by atoms with van der Waals surface area (Å²) in [5.41, 5.74) is 3.75. The average Bonchev–Trinajstić information content (AvgIpc) is 3.26. The lowest BCUT2D eigenvalue weighted by molar-refractivity contribution is 0.589. The van der Waals surface area contributed by atoms with Crippen LogP contribution in [-0.2, 0) is 10.0 Å². The van der Waals surface area contributed by atoms with Crippen LogP contribution in [0.2, 0.25) is 0 Å². The molecule has 0 spiro atoms. The zero-order valence-electron chi connectivity index (χ0n) is 15.7. The molecule has 1 atom stereocenters. The minimum atomic E-state index is -3.73. The van der Waals surface area contributed by atoms with Crippen molar-refractivity contribution in [1.82, 2.24) is 9.55 Å². The third-order valence-corrected chi connectivity index (χ3v) is 7.55. The molecule has 0 N–H and O–H groups in total. The summed E-state index contributed by atoms with van der Waals surface area (Å²) in [5.74, 6) is 0.451. The van der Waals surface area contributed by atoms with E-state index in [0.29, 0.717) is 12.5 Å². The van der Waals surface area contributed by atoms with Gasteiger partial charge in [0.25, 0.3) is 10.0 Å². The topological polar surface area (TPSA) is 55.2 Å². The molecule has 29 heavy (non-hydrogen) atoms. The number of aryl methyl sites for hydroxylation is 1. The molecule has 2 heterocycles. The maximum absolute atomic E-state index is 13.5. The fraction of sp³-hybridized carbons (Fsp3) is 0.136. The van der Waals surface area contributed by atoms with E-state index in [0.717, 1.165) is 26.6 Å². The normalized spacial score (nSPS) is 16.3. The van der Waals surface area contributed by atoms with Crippen LogP contribution >= 0.6 is 15.9 Å². The minimum Gasteiger partial charge on any atom is -0.300 e. The van der Waals surface area contributed by atoms with Crippen LogP contribution in [0.1, 0.15) is 17.2 Å². The Morgan fingerprint density at radius 2 is 1.72 bits per heavy atom. The van der Waals surface area contributed by atoms with E-state index < -0.39 is 10.0 Å². The van der Waals surface area contributed by atoms with Crippen LogP contribution in [0, 0.1) is 6.92 Å². The molecule has 0 fully saturated rings. The predicted molar refractivity (Wildman–Crippen MR) is 118 cm³/mol. The summed E-state index contributed by atoms with van der Waals surface area (Å²) in [6.07, 6.45) is 0. The van der Waals surface area contributed by atoms with Gasteiger partial charge in [0.15, 0.2) is 0 Å². The summed E-state index contributed by atoms with van der Waals surface area (Å²) in [6, 6.07) is 22.6. The van der Waals surface area contributed by atoms with Gasteiger partial charge in [-0.3, -0.25) is 4.57 Å². The van der Waals surface area contributed by atoms with Crippen molar-refractivity contribution in [3.63, 3.8) is 0 Å². The van der Waals surface area contributed by atoms with Crippen LogP contribution in [0.3, 0.4) is 0 Å². The van der Waals surface area contributed by atoms with Crippen LogP contribution < -0.4 is 4.31 Å².